The SMILES string of the molecule is [B][C@@H]1O[C@@]2(COC)COC1C2OP(=O)(O)OC. The molecule has 0 aromatic heterocycles. The van der Waals surface area contributed by atoms with Crippen molar-refractivity contribution in [2.75, 3.05) is 27.4 Å². The van der Waals surface area contributed by atoms with Gasteiger partial charge in [-0.25, -0.2) is 4.57 Å². The molecule has 2 rings (SSSR count). The number of rotatable bonds is 5. The van der Waals surface area contributed by atoms with Gasteiger partial charge in [-0.05, 0) is 0 Å². The zero-order valence-corrected chi connectivity index (χ0v) is 10.5. The molecule has 0 saturated carbocycles. The minimum absolute atomic E-state index is 0.158. The first kappa shape index (κ1) is 13.5. The van der Waals surface area contributed by atoms with E-state index in [1.807, 2.05) is 0 Å². The summed E-state index contributed by atoms with van der Waals surface area (Å²) in [4.78, 5) is 9.33. The van der Waals surface area contributed by atoms with Crippen molar-refractivity contribution in [1.29, 1.82) is 0 Å². The molecule has 1 N–H and O–H groups in total. The Morgan fingerprint density at radius 1 is 1.59 bits per heavy atom. The van der Waals surface area contributed by atoms with E-state index in [1.54, 1.807) is 0 Å². The zero-order valence-electron chi connectivity index (χ0n) is 9.57. The predicted molar refractivity (Wildman–Crippen MR) is 56.7 cm³/mol. The summed E-state index contributed by atoms with van der Waals surface area (Å²) >= 11 is 0. The molecule has 3 unspecified atom stereocenters. The Kier molecular flexibility index (Phi) is 3.67. The van der Waals surface area contributed by atoms with Gasteiger partial charge in [0.1, 0.15) is 25.7 Å². The van der Waals surface area contributed by atoms with Crippen molar-refractivity contribution in [3.63, 3.8) is 0 Å². The molecule has 5 atom stereocenters. The molecule has 2 heterocycles. The van der Waals surface area contributed by atoms with Crippen molar-refractivity contribution in [2.24, 2.45) is 0 Å². The van der Waals surface area contributed by atoms with Crippen LogP contribution < -0.4 is 0 Å². The van der Waals surface area contributed by atoms with Crippen molar-refractivity contribution in [2.45, 2.75) is 23.8 Å². The number of phosphoric ester groups is 1. The lowest BCUT2D eigenvalue weighted by Crippen LogP contribution is -2.45. The summed E-state index contributed by atoms with van der Waals surface area (Å²) in [5, 5.41) is 0. The molecule has 7 nitrogen and oxygen atoms in total. The molecule has 2 bridgehead atoms. The van der Waals surface area contributed by atoms with Crippen molar-refractivity contribution >= 4 is 15.7 Å². The number of methoxy groups -OCH3 is 1. The van der Waals surface area contributed by atoms with Gasteiger partial charge in [0, 0.05) is 20.2 Å². The molecule has 2 radical (unpaired) electrons. The third kappa shape index (κ3) is 2.31. The van der Waals surface area contributed by atoms with Crippen LogP contribution >= 0.6 is 7.82 Å². The smallest absolute Gasteiger partial charge is 0.381 e. The van der Waals surface area contributed by atoms with Crippen LogP contribution in [0.3, 0.4) is 0 Å². The quantitative estimate of drug-likeness (QED) is 0.525. The average molecular weight is 264 g/mol. The van der Waals surface area contributed by atoms with Gasteiger partial charge in [-0.2, -0.15) is 0 Å². The van der Waals surface area contributed by atoms with E-state index < -0.39 is 31.6 Å². The first-order valence-corrected chi connectivity index (χ1v) is 6.54. The predicted octanol–water partition coefficient (Wildman–Crippen LogP) is -0.573. The first-order chi connectivity index (χ1) is 7.94. The maximum Gasteiger partial charge on any atom is 0.472 e. The van der Waals surface area contributed by atoms with Crippen molar-refractivity contribution < 1.29 is 32.7 Å². The van der Waals surface area contributed by atoms with Crippen LogP contribution in [0.15, 0.2) is 0 Å². The summed E-state index contributed by atoms with van der Waals surface area (Å²) in [5.74, 6) is 0. The van der Waals surface area contributed by atoms with E-state index >= 15 is 0 Å². The highest BCUT2D eigenvalue weighted by Gasteiger charge is 2.62. The maximum absolute atomic E-state index is 11.4. The van der Waals surface area contributed by atoms with Crippen molar-refractivity contribution in [3.8, 4) is 0 Å². The van der Waals surface area contributed by atoms with Gasteiger partial charge in [0.25, 0.3) is 0 Å². The Morgan fingerprint density at radius 3 is 2.82 bits per heavy atom. The third-order valence-electron chi connectivity index (χ3n) is 2.90. The molecule has 2 aliphatic rings. The second kappa shape index (κ2) is 4.62. The molecule has 96 valence electrons. The lowest BCUT2D eigenvalue weighted by molar-refractivity contribution is -0.141. The van der Waals surface area contributed by atoms with Gasteiger partial charge in [0.2, 0.25) is 0 Å². The minimum atomic E-state index is -4.12. The highest BCUT2D eigenvalue weighted by Crippen LogP contribution is 2.51. The largest absolute Gasteiger partial charge is 0.472 e. The number of hydrogen-bond acceptors (Lipinski definition) is 6. The second-order valence-corrected chi connectivity index (χ2v) is 5.55. The van der Waals surface area contributed by atoms with Gasteiger partial charge in [0.15, 0.2) is 0 Å². The monoisotopic (exact) mass is 264 g/mol. The standard InChI is InChI=1S/C8H14BO7P/c1-12-3-8-4-14-5(7(9)15-8)6(8)16-17(10,11)13-2/h5-7H,3-4H2,1-2H3,(H,10,11)/t5?,6?,7-,8+/m1/s1. The molecule has 0 spiro atoms. The average Bonchev–Trinajstić information content (AvgIpc) is 2.69. The van der Waals surface area contributed by atoms with Crippen LogP contribution in [0.2, 0.25) is 0 Å². The number of phosphoric acid groups is 1. The maximum atomic E-state index is 11.4. The van der Waals surface area contributed by atoms with Crippen LogP contribution in [0.4, 0.5) is 0 Å². The summed E-state index contributed by atoms with van der Waals surface area (Å²) in [6.45, 7) is 0.360. The zero-order chi connectivity index (χ0) is 12.7. The summed E-state index contributed by atoms with van der Waals surface area (Å²) in [7, 11) is 4.14. The van der Waals surface area contributed by atoms with E-state index in [4.69, 9.17) is 26.6 Å². The van der Waals surface area contributed by atoms with Crippen molar-refractivity contribution in [3.05, 3.63) is 0 Å². The highest BCUT2D eigenvalue weighted by molar-refractivity contribution is 7.47. The Balaban J connectivity index is 2.18. The fourth-order valence-electron chi connectivity index (χ4n) is 2.16. The molecule has 0 aliphatic carbocycles. The summed E-state index contributed by atoms with van der Waals surface area (Å²) in [6, 6.07) is -0.708. The molecule has 2 saturated heterocycles. The summed E-state index contributed by atoms with van der Waals surface area (Å²) in [5.41, 5.74) is -0.949. The number of fused-ring (bicyclic) bond motifs is 2. The molecular weight excluding hydrogens is 250 g/mol. The van der Waals surface area contributed by atoms with Crippen LogP contribution in [-0.4, -0.2) is 64.0 Å². The molecule has 9 heteroatoms. The van der Waals surface area contributed by atoms with Gasteiger partial charge in [-0.1, -0.05) is 0 Å². The van der Waals surface area contributed by atoms with E-state index in [-0.39, 0.29) is 13.2 Å². The molecule has 17 heavy (non-hydrogen) atoms. The first-order valence-electron chi connectivity index (χ1n) is 5.05. The topological polar surface area (TPSA) is 83.5 Å². The van der Waals surface area contributed by atoms with E-state index in [0.29, 0.717) is 0 Å². The van der Waals surface area contributed by atoms with Crippen LogP contribution in [0.1, 0.15) is 0 Å². The second-order valence-electron chi connectivity index (χ2n) is 4.03. The minimum Gasteiger partial charge on any atom is -0.381 e. The van der Waals surface area contributed by atoms with Gasteiger partial charge >= 0.3 is 7.82 Å². The fraction of sp³-hybridized carbons (Fsp3) is 1.00. The van der Waals surface area contributed by atoms with E-state index in [1.165, 1.54) is 7.11 Å². The Morgan fingerprint density at radius 2 is 2.29 bits per heavy atom. The van der Waals surface area contributed by atoms with Gasteiger partial charge in [-0.15, -0.1) is 0 Å². The van der Waals surface area contributed by atoms with Crippen LogP contribution in [0.25, 0.3) is 0 Å². The summed E-state index contributed by atoms with van der Waals surface area (Å²) < 4.78 is 36.8. The number of ether oxygens (including phenoxy) is 3. The lowest BCUT2D eigenvalue weighted by Gasteiger charge is -2.30. The number of hydrogen-bond donors (Lipinski definition) is 1. The molecular formula is C8H14BO7P. The fourth-order valence-corrected chi connectivity index (χ4v) is 2.84. The van der Waals surface area contributed by atoms with Gasteiger partial charge < -0.3 is 19.1 Å². The Labute approximate surface area is 100 Å². The lowest BCUT2D eigenvalue weighted by atomic mass is 9.92. The summed E-state index contributed by atoms with van der Waals surface area (Å²) in [6.07, 6.45) is -1.38. The molecule has 0 amide bonds. The molecule has 0 aromatic carbocycles. The third-order valence-corrected chi connectivity index (χ3v) is 3.85. The van der Waals surface area contributed by atoms with Crippen LogP contribution in [0, 0.1) is 0 Å². The van der Waals surface area contributed by atoms with Crippen LogP contribution in [0.5, 0.6) is 0 Å². The normalized spacial score (nSPS) is 43.8. The molecule has 0 aromatic rings. The Hall–Kier alpha value is 0.0549. The molecule has 2 aliphatic heterocycles. The van der Waals surface area contributed by atoms with E-state index in [9.17, 15) is 9.46 Å². The van der Waals surface area contributed by atoms with Gasteiger partial charge in [0.05, 0.1) is 13.2 Å². The Bertz CT molecular complexity index is 340. The van der Waals surface area contributed by atoms with Crippen LogP contribution in [-0.2, 0) is 27.8 Å². The van der Waals surface area contributed by atoms with Crippen molar-refractivity contribution in [1.82, 2.24) is 0 Å². The van der Waals surface area contributed by atoms with E-state index in [0.717, 1.165) is 7.11 Å². The van der Waals surface area contributed by atoms with Gasteiger partial charge in [-0.3, -0.25) is 9.05 Å². The van der Waals surface area contributed by atoms with E-state index in [2.05, 4.69) is 4.52 Å². The highest BCUT2D eigenvalue weighted by atomic mass is 31.2. The molecule has 2 fully saturated rings.